The van der Waals surface area contributed by atoms with Crippen LogP contribution in [0, 0.1) is 0 Å². The number of ether oxygens (including phenoxy) is 3. The van der Waals surface area contributed by atoms with Gasteiger partial charge in [-0.15, -0.1) is 0 Å². The molecule has 2 aromatic carbocycles. The van der Waals surface area contributed by atoms with Gasteiger partial charge in [-0.05, 0) is 44.1 Å². The average Bonchev–Trinajstić information content (AvgIpc) is 3.26. The summed E-state index contributed by atoms with van der Waals surface area (Å²) < 4.78 is 17.0. The maximum Gasteiger partial charge on any atom is 0.127 e. The predicted molar refractivity (Wildman–Crippen MR) is 114 cm³/mol. The molecule has 2 N–H and O–H groups in total. The van der Waals surface area contributed by atoms with E-state index in [1.165, 1.54) is 12.8 Å². The fourth-order valence-electron chi connectivity index (χ4n) is 3.42. The second-order valence-corrected chi connectivity index (χ2v) is 7.28. The minimum Gasteiger partial charge on any atom is -0.497 e. The summed E-state index contributed by atoms with van der Waals surface area (Å²) >= 11 is 0. The van der Waals surface area contributed by atoms with E-state index >= 15 is 0 Å². The number of aliphatic hydroxyl groups excluding tert-OH is 1. The molecule has 0 saturated carbocycles. The van der Waals surface area contributed by atoms with Crippen LogP contribution in [0.5, 0.6) is 17.2 Å². The first-order chi connectivity index (χ1) is 14.2. The van der Waals surface area contributed by atoms with Crippen molar-refractivity contribution in [3.63, 3.8) is 0 Å². The molecule has 1 fully saturated rings. The molecule has 0 radical (unpaired) electrons. The molecule has 1 saturated heterocycles. The number of hydrogen-bond acceptors (Lipinski definition) is 6. The number of β-amino-alcohol motifs (C(OH)–C–C–N with tert-alkyl or cyclic N) is 1. The maximum absolute atomic E-state index is 10.3. The van der Waals surface area contributed by atoms with E-state index in [4.69, 9.17) is 14.2 Å². The molecular weight excluding hydrogens is 368 g/mol. The molecule has 29 heavy (non-hydrogen) atoms. The van der Waals surface area contributed by atoms with Crippen LogP contribution in [-0.2, 0) is 6.54 Å². The van der Waals surface area contributed by atoms with Crippen LogP contribution in [-0.4, -0.2) is 62.6 Å². The fraction of sp³-hybridized carbons (Fsp3) is 0.478. The van der Waals surface area contributed by atoms with Crippen LogP contribution >= 0.6 is 0 Å². The van der Waals surface area contributed by atoms with Gasteiger partial charge in [0, 0.05) is 31.3 Å². The maximum atomic E-state index is 10.3. The Morgan fingerprint density at radius 3 is 2.59 bits per heavy atom. The van der Waals surface area contributed by atoms with Gasteiger partial charge in [-0.3, -0.25) is 0 Å². The second-order valence-electron chi connectivity index (χ2n) is 7.28. The molecule has 0 bridgehead atoms. The lowest BCUT2D eigenvalue weighted by molar-refractivity contribution is 0.0753. The molecular formula is C23H32N2O4. The summed E-state index contributed by atoms with van der Waals surface area (Å²) in [4.78, 5) is 2.29. The van der Waals surface area contributed by atoms with Crippen molar-refractivity contribution in [3.05, 3.63) is 54.1 Å². The molecule has 158 valence electrons. The van der Waals surface area contributed by atoms with Crippen LogP contribution < -0.4 is 19.5 Å². The number of para-hydroxylation sites is 1. The van der Waals surface area contributed by atoms with Crippen LogP contribution in [0.2, 0.25) is 0 Å². The minimum atomic E-state index is -0.501. The van der Waals surface area contributed by atoms with Gasteiger partial charge in [0.15, 0.2) is 0 Å². The van der Waals surface area contributed by atoms with Crippen LogP contribution in [0.3, 0.4) is 0 Å². The Labute approximate surface area is 173 Å². The van der Waals surface area contributed by atoms with E-state index in [1.807, 2.05) is 48.5 Å². The lowest BCUT2D eigenvalue weighted by Gasteiger charge is -2.20. The van der Waals surface area contributed by atoms with Gasteiger partial charge in [-0.25, -0.2) is 0 Å². The number of rotatable bonds is 12. The smallest absolute Gasteiger partial charge is 0.127 e. The molecule has 0 spiro atoms. The molecule has 3 rings (SSSR count). The molecule has 0 amide bonds. The predicted octanol–water partition coefficient (Wildman–Crippen LogP) is 2.70. The number of aliphatic hydroxyl groups is 1. The number of likely N-dealkylation sites (tertiary alicyclic amines) is 1. The lowest BCUT2D eigenvalue weighted by Crippen LogP contribution is -2.33. The highest BCUT2D eigenvalue weighted by atomic mass is 16.5. The number of methoxy groups -OCH3 is 1. The van der Waals surface area contributed by atoms with Gasteiger partial charge in [0.25, 0.3) is 0 Å². The van der Waals surface area contributed by atoms with Crippen molar-refractivity contribution < 1.29 is 19.3 Å². The van der Waals surface area contributed by atoms with E-state index in [2.05, 4.69) is 10.2 Å². The Bertz CT molecular complexity index is 720. The van der Waals surface area contributed by atoms with Gasteiger partial charge in [-0.2, -0.15) is 0 Å². The zero-order chi connectivity index (χ0) is 20.3. The molecule has 1 heterocycles. The Kier molecular flexibility index (Phi) is 8.61. The molecule has 6 nitrogen and oxygen atoms in total. The van der Waals surface area contributed by atoms with Gasteiger partial charge >= 0.3 is 0 Å². The Morgan fingerprint density at radius 2 is 1.83 bits per heavy atom. The van der Waals surface area contributed by atoms with Crippen LogP contribution in [0.4, 0.5) is 0 Å². The number of benzene rings is 2. The van der Waals surface area contributed by atoms with Crippen LogP contribution in [0.15, 0.2) is 48.5 Å². The lowest BCUT2D eigenvalue weighted by atomic mass is 10.2. The van der Waals surface area contributed by atoms with Crippen molar-refractivity contribution in [2.24, 2.45) is 0 Å². The van der Waals surface area contributed by atoms with Crippen molar-refractivity contribution in [1.29, 1.82) is 0 Å². The number of nitrogens with zero attached hydrogens (tertiary/aromatic N) is 1. The summed E-state index contributed by atoms with van der Waals surface area (Å²) in [5.74, 6) is 2.35. The summed E-state index contributed by atoms with van der Waals surface area (Å²) in [6.45, 7) is 5.03. The molecule has 0 aromatic heterocycles. The highest BCUT2D eigenvalue weighted by Crippen LogP contribution is 2.25. The molecule has 1 atom stereocenters. The standard InChI is InChI=1S/C23H32N2O4/c1-27-22-10-9-19(16-24-11-14-28-21-7-3-2-4-8-21)23(15-22)29-18-20(26)17-25-12-5-6-13-25/h2-4,7-10,15,20,24,26H,5-6,11-14,16-18H2,1H3/t20-/m1/s1. The van der Waals surface area contributed by atoms with Gasteiger partial charge in [0.1, 0.15) is 36.6 Å². The molecule has 1 aliphatic rings. The van der Waals surface area contributed by atoms with E-state index in [1.54, 1.807) is 7.11 Å². The van der Waals surface area contributed by atoms with E-state index < -0.39 is 6.10 Å². The SMILES string of the molecule is COc1ccc(CNCCOc2ccccc2)c(OC[C@H](O)CN2CCCC2)c1. The third-order valence-electron chi connectivity index (χ3n) is 4.98. The quantitative estimate of drug-likeness (QED) is 0.534. The Hall–Kier alpha value is -2.28. The highest BCUT2D eigenvalue weighted by molar-refractivity contribution is 5.40. The van der Waals surface area contributed by atoms with Gasteiger partial charge in [-0.1, -0.05) is 24.3 Å². The number of hydrogen-bond donors (Lipinski definition) is 2. The van der Waals surface area contributed by atoms with E-state index in [-0.39, 0.29) is 6.61 Å². The Morgan fingerprint density at radius 1 is 1.03 bits per heavy atom. The zero-order valence-corrected chi connectivity index (χ0v) is 17.2. The van der Waals surface area contributed by atoms with Crippen LogP contribution in [0.1, 0.15) is 18.4 Å². The van der Waals surface area contributed by atoms with Crippen molar-refractivity contribution in [3.8, 4) is 17.2 Å². The topological polar surface area (TPSA) is 63.2 Å². The first-order valence-electron chi connectivity index (χ1n) is 10.3. The van der Waals surface area contributed by atoms with Gasteiger partial charge < -0.3 is 29.5 Å². The summed E-state index contributed by atoms with van der Waals surface area (Å²) in [5, 5.41) is 13.7. The molecule has 0 aliphatic carbocycles. The largest absolute Gasteiger partial charge is 0.497 e. The van der Waals surface area contributed by atoms with Crippen molar-refractivity contribution >= 4 is 0 Å². The summed E-state index contributed by atoms with van der Waals surface area (Å²) in [7, 11) is 1.64. The van der Waals surface area contributed by atoms with E-state index in [0.717, 1.165) is 42.4 Å². The average molecular weight is 401 g/mol. The zero-order valence-electron chi connectivity index (χ0n) is 17.2. The van der Waals surface area contributed by atoms with Gasteiger partial charge in [0.2, 0.25) is 0 Å². The molecule has 1 aliphatic heterocycles. The fourth-order valence-corrected chi connectivity index (χ4v) is 3.42. The first-order valence-corrected chi connectivity index (χ1v) is 10.3. The van der Waals surface area contributed by atoms with Gasteiger partial charge in [0.05, 0.1) is 7.11 Å². The van der Waals surface area contributed by atoms with E-state index in [9.17, 15) is 5.11 Å². The van der Waals surface area contributed by atoms with Crippen molar-refractivity contribution in [2.75, 3.05) is 46.5 Å². The van der Waals surface area contributed by atoms with Crippen molar-refractivity contribution in [1.82, 2.24) is 10.2 Å². The summed E-state index contributed by atoms with van der Waals surface area (Å²) in [5.41, 5.74) is 1.03. The molecule has 6 heteroatoms. The summed E-state index contributed by atoms with van der Waals surface area (Å²) in [6, 6.07) is 15.6. The number of nitrogens with one attached hydrogen (secondary N) is 1. The third kappa shape index (κ3) is 7.24. The second kappa shape index (κ2) is 11.7. The van der Waals surface area contributed by atoms with Crippen LogP contribution in [0.25, 0.3) is 0 Å². The summed E-state index contributed by atoms with van der Waals surface area (Å²) in [6.07, 6.45) is 1.93. The monoisotopic (exact) mass is 400 g/mol. The minimum absolute atomic E-state index is 0.272. The third-order valence-corrected chi connectivity index (χ3v) is 4.98. The first kappa shape index (κ1) is 21.4. The normalized spacial score (nSPS) is 15.2. The molecule has 0 unspecified atom stereocenters. The van der Waals surface area contributed by atoms with Crippen molar-refractivity contribution in [2.45, 2.75) is 25.5 Å². The van der Waals surface area contributed by atoms with E-state index in [0.29, 0.717) is 19.7 Å². The molecule has 2 aromatic rings. The Balaban J connectivity index is 1.45. The highest BCUT2D eigenvalue weighted by Gasteiger charge is 2.17.